The Hall–Kier alpha value is -6.94. The largest absolute Gasteiger partial charge is 0.411 e. The summed E-state index contributed by atoms with van der Waals surface area (Å²) in [5, 5.41) is 0. The van der Waals surface area contributed by atoms with E-state index in [1.165, 1.54) is 0 Å². The van der Waals surface area contributed by atoms with Gasteiger partial charge in [-0.1, -0.05) is 225 Å². The number of alkyl halides is 18. The highest BCUT2D eigenvalue weighted by Gasteiger charge is 2.73. The van der Waals surface area contributed by atoms with Crippen LogP contribution in [0.2, 0.25) is 0 Å². The van der Waals surface area contributed by atoms with Gasteiger partial charge in [0, 0.05) is 25.7 Å². The van der Waals surface area contributed by atoms with Crippen LogP contribution in [0.15, 0.2) is 121 Å². The molecule has 0 fully saturated rings. The molecule has 0 amide bonds. The van der Waals surface area contributed by atoms with Crippen molar-refractivity contribution in [2.24, 2.45) is 0 Å². The third-order valence-electron chi connectivity index (χ3n) is 20.4. The zero-order valence-corrected chi connectivity index (χ0v) is 69.6. The molecule has 0 aliphatic heterocycles. The van der Waals surface area contributed by atoms with Crippen LogP contribution in [0.3, 0.4) is 0 Å². The molecule has 0 N–H and O–H groups in total. The summed E-state index contributed by atoms with van der Waals surface area (Å²) in [6.07, 6.45) is -19.8. The van der Waals surface area contributed by atoms with E-state index >= 15 is 26.3 Å². The van der Waals surface area contributed by atoms with E-state index in [4.69, 9.17) is 16.7 Å². The summed E-state index contributed by atoms with van der Waals surface area (Å²) in [4.78, 5) is 0. The van der Waals surface area contributed by atoms with Gasteiger partial charge in [-0.2, -0.15) is 113 Å². The molecule has 7 rings (SSSR count). The minimum atomic E-state index is -6.04. The highest BCUT2D eigenvalue weighted by Crippen LogP contribution is 2.59. The molecule has 1 aliphatic carbocycles. The fraction of sp³-hybridized carbons (Fsp3) is 0.571. The van der Waals surface area contributed by atoms with Crippen molar-refractivity contribution < 1.29 is 129 Å². The molecule has 0 unspecified atom stereocenters. The van der Waals surface area contributed by atoms with Crippen LogP contribution >= 0.6 is 0 Å². The summed E-state index contributed by atoms with van der Waals surface area (Å²) in [5.74, 6) is -2.04. The van der Waals surface area contributed by atoms with Gasteiger partial charge in [0.2, 0.25) is 5.41 Å². The summed E-state index contributed by atoms with van der Waals surface area (Å²) >= 11 is 0. The molecule has 0 spiro atoms. The van der Waals surface area contributed by atoms with Gasteiger partial charge in [-0.3, -0.25) is 0 Å². The van der Waals surface area contributed by atoms with E-state index in [0.717, 1.165) is 86.8 Å². The summed E-state index contributed by atoms with van der Waals surface area (Å²) in [5.41, 5.74) is -3.83. The molecule has 118 heavy (non-hydrogen) atoms. The lowest BCUT2D eigenvalue weighted by Gasteiger charge is -2.39. The monoisotopic (exact) mass is 1770 g/mol. The van der Waals surface area contributed by atoms with Crippen LogP contribution in [0.4, 0.5) is 79.0 Å². The molecule has 0 saturated heterocycles. The Morgan fingerprint density at radius 1 is 0.271 bits per heavy atom. The third kappa shape index (κ3) is 31.5. The number of halogens is 18. The molecule has 0 saturated carbocycles. The summed E-state index contributed by atoms with van der Waals surface area (Å²) in [6, 6.07) is 32.0. The maximum atomic E-state index is 15.1. The lowest BCUT2D eigenvalue weighted by atomic mass is 9.68. The van der Waals surface area contributed by atoms with Gasteiger partial charge in [0.15, 0.2) is 0 Å². The van der Waals surface area contributed by atoms with E-state index in [1.807, 2.05) is 72.8 Å². The van der Waals surface area contributed by atoms with Gasteiger partial charge in [-0.25, -0.2) is 0 Å². The van der Waals surface area contributed by atoms with Crippen molar-refractivity contribution in [1.82, 2.24) is 0 Å². The maximum absolute atomic E-state index is 15.1. The molecule has 0 atom stereocenters. The van der Waals surface area contributed by atoms with Crippen LogP contribution in [0.25, 0.3) is 11.1 Å². The molecule has 0 aromatic heterocycles. The molecule has 6 aromatic carbocycles. The third-order valence-corrected chi connectivity index (χ3v) is 25.3. The maximum Gasteiger partial charge on any atom is 0.411 e. The van der Waals surface area contributed by atoms with E-state index in [9.17, 15) is 86.4 Å². The Labute approximate surface area is 681 Å². The molecule has 6 aromatic rings. The van der Waals surface area contributed by atoms with Gasteiger partial charge in [0.25, 0.3) is 0 Å². The topological polar surface area (TPSA) is 173 Å². The molecule has 0 radical (unpaired) electrons. The average molecular weight is 1780 g/mol. The number of hydrogen-bond donors (Lipinski definition) is 0. The zero-order valence-electron chi connectivity index (χ0n) is 66.3. The van der Waals surface area contributed by atoms with E-state index in [2.05, 4.69) is 0 Å². The van der Waals surface area contributed by atoms with Crippen LogP contribution in [0.1, 0.15) is 261 Å². The van der Waals surface area contributed by atoms with Crippen molar-refractivity contribution in [1.29, 1.82) is 0 Å². The summed E-state index contributed by atoms with van der Waals surface area (Å²) in [6.45, 7) is 4.37. The SMILES string of the molecule is Cc1cc(C(c2cc(C)c(OS(=O)(=O)CCCCCCCCCC(F)(F)F)c(C)c2)(C(F)(F)F)C(F)(F)F)cc(C)c1OS(=O)(=O)CCCCCCCCCC(F)(F)F.O=S(=O)(CCCCCCCCCC(F)(F)F)Oc1ccc(C2(c3ccc(OS(=O)(=O)CCCCCCCCCC(F)(F)F)cc3)c3ccccc3-c3ccccc32)cc1. The van der Waals surface area contributed by atoms with Crippen molar-refractivity contribution in [2.45, 2.75) is 281 Å². The lowest BCUT2D eigenvalue weighted by molar-refractivity contribution is -0.288. The first-order chi connectivity index (χ1) is 54.9. The van der Waals surface area contributed by atoms with Crippen molar-refractivity contribution in [3.63, 3.8) is 0 Å². The second-order valence-corrected chi connectivity index (χ2v) is 37.0. The lowest BCUT2D eigenvalue weighted by Crippen LogP contribution is -2.55. The number of fused-ring (bicyclic) bond motifs is 3. The van der Waals surface area contributed by atoms with Gasteiger partial charge in [0.1, 0.15) is 23.0 Å². The number of unbranched alkanes of at least 4 members (excludes halogenated alkanes) is 24. The molecule has 34 heteroatoms. The first-order valence-corrected chi connectivity index (χ1v) is 46.0. The van der Waals surface area contributed by atoms with E-state index in [-0.39, 0.29) is 83.8 Å². The zero-order chi connectivity index (χ0) is 87.7. The van der Waals surface area contributed by atoms with Crippen LogP contribution in [-0.4, -0.2) is 93.7 Å². The van der Waals surface area contributed by atoms with Crippen molar-refractivity contribution in [3.05, 3.63) is 177 Å². The van der Waals surface area contributed by atoms with Gasteiger partial charge in [-0.15, -0.1) is 0 Å². The minimum absolute atomic E-state index is 0.0156. The van der Waals surface area contributed by atoms with Gasteiger partial charge >= 0.3 is 77.5 Å². The molecule has 0 heterocycles. The standard InChI is InChI=1S/C45H52F6O6S2.C39H52F12O6S2/c46-43(47,48)31-15-7-3-1-5-9-17-33-58(52,53)56-37-27-23-35(24-28-37)45(41-21-13-11-19-39(41)40-20-12-14-22-42(40)45)36-25-29-38(30-26-36)57-59(54,55)34-18-10-6-2-4-8-16-32-44(49,50)51;1-27-23-31(24-28(2)33(27)56-58(52,53)21-17-13-9-5-7-11-15-19-35(40,41)42)37(38(46,47)48,39(49,50)51)32-25-29(3)34(30(4)26-32)57-59(54,55)22-18-14-10-6-8-12-16-20-36(43,44)45/h11-14,19-30H,1-10,15-18,31-34H2;23-26H,5-22H2,1-4H3. The molecule has 12 nitrogen and oxygen atoms in total. The van der Waals surface area contributed by atoms with Gasteiger partial charge < -0.3 is 16.7 Å². The van der Waals surface area contributed by atoms with Crippen molar-refractivity contribution >= 4 is 40.5 Å². The van der Waals surface area contributed by atoms with Gasteiger partial charge in [0.05, 0.1) is 28.4 Å². The first-order valence-electron chi connectivity index (χ1n) is 39.6. The highest BCUT2D eigenvalue weighted by molar-refractivity contribution is 7.87. The average Bonchev–Trinajstić information content (AvgIpc) is 1.26. The van der Waals surface area contributed by atoms with Gasteiger partial charge in [-0.05, 0) is 170 Å². The first kappa shape index (κ1) is 99.9. The Morgan fingerprint density at radius 2 is 0.483 bits per heavy atom. The molecular weight excluding hydrogens is 1670 g/mol. The number of benzene rings is 6. The molecule has 1 aliphatic rings. The van der Waals surface area contributed by atoms with Crippen LogP contribution in [-0.2, 0) is 51.3 Å². The quantitative estimate of drug-likeness (QED) is 0.0201. The predicted molar refractivity (Wildman–Crippen MR) is 418 cm³/mol. The summed E-state index contributed by atoms with van der Waals surface area (Å²) < 4.78 is 362. The normalized spacial score (nSPS) is 13.7. The fourth-order valence-corrected chi connectivity index (χ4v) is 19.2. The van der Waals surface area contributed by atoms with E-state index in [0.29, 0.717) is 140 Å². The van der Waals surface area contributed by atoms with E-state index in [1.54, 1.807) is 24.3 Å². The molecule has 0 bridgehead atoms. The Kier molecular flexibility index (Phi) is 37.0. The molecule has 662 valence electrons. The van der Waals surface area contributed by atoms with Crippen LogP contribution in [0.5, 0.6) is 23.0 Å². The predicted octanol–water partition coefficient (Wildman–Crippen LogP) is 25.9. The Bertz CT molecular complexity index is 4260. The fourth-order valence-electron chi connectivity index (χ4n) is 14.8. The van der Waals surface area contributed by atoms with Crippen LogP contribution in [0, 0.1) is 27.7 Å². The Morgan fingerprint density at radius 3 is 0.712 bits per heavy atom. The Balaban J connectivity index is 0.000000366. The second-order valence-electron chi connectivity index (χ2n) is 30.3. The van der Waals surface area contributed by atoms with Crippen molar-refractivity contribution in [3.8, 4) is 34.1 Å². The molecular formula is C84H104F18O12S4. The van der Waals surface area contributed by atoms with Crippen LogP contribution < -0.4 is 16.7 Å². The number of hydrogen-bond acceptors (Lipinski definition) is 12. The minimum Gasteiger partial charge on any atom is -0.382 e. The van der Waals surface area contributed by atoms with E-state index < -0.39 is 148 Å². The second kappa shape index (κ2) is 43.7. The smallest absolute Gasteiger partial charge is 0.382 e. The number of rotatable bonds is 48. The highest BCUT2D eigenvalue weighted by atomic mass is 32.2. The number of aryl methyl sites for hydroxylation is 4. The van der Waals surface area contributed by atoms with Crippen molar-refractivity contribution in [2.75, 3.05) is 23.0 Å². The summed E-state index contributed by atoms with van der Waals surface area (Å²) in [7, 11) is -16.5.